The molecule has 2 amide bonds. The molecule has 0 saturated carbocycles. The number of rotatable bonds is 5. The van der Waals surface area contributed by atoms with Gasteiger partial charge >= 0.3 is 5.97 Å². The number of amides is 2. The number of ether oxygens (including phenoxy) is 1. The Morgan fingerprint density at radius 2 is 1.76 bits per heavy atom. The Morgan fingerprint density at radius 1 is 1.08 bits per heavy atom. The van der Waals surface area contributed by atoms with E-state index in [1.807, 2.05) is 42.5 Å². The summed E-state index contributed by atoms with van der Waals surface area (Å²) in [7, 11) is 1.24. The summed E-state index contributed by atoms with van der Waals surface area (Å²) in [6.07, 6.45) is 1.59. The van der Waals surface area contributed by atoms with Gasteiger partial charge in [-0.25, -0.2) is 4.79 Å². The number of carbonyl (C=O) groups excluding carboxylic acids is 3. The average molecular weight is 340 g/mol. The molecule has 0 heterocycles. The quantitative estimate of drug-likeness (QED) is 0.644. The Kier molecular flexibility index (Phi) is 5.89. The van der Waals surface area contributed by atoms with Gasteiger partial charge in [-0.2, -0.15) is 0 Å². The highest BCUT2D eigenvalue weighted by molar-refractivity contribution is 6.04. The molecule has 1 atom stereocenters. The van der Waals surface area contributed by atoms with E-state index in [9.17, 15) is 14.4 Å². The Morgan fingerprint density at radius 3 is 2.44 bits per heavy atom. The van der Waals surface area contributed by atoms with Crippen LogP contribution in [0.3, 0.4) is 0 Å². The lowest BCUT2D eigenvalue weighted by Crippen LogP contribution is -2.42. The molecular formula is C19H20N2O4. The van der Waals surface area contributed by atoms with Gasteiger partial charge in [0.2, 0.25) is 5.91 Å². The van der Waals surface area contributed by atoms with Gasteiger partial charge in [0.05, 0.1) is 7.11 Å². The van der Waals surface area contributed by atoms with Crippen LogP contribution in [0.25, 0.3) is 16.8 Å². The van der Waals surface area contributed by atoms with Gasteiger partial charge in [0.25, 0.3) is 5.91 Å². The molecule has 130 valence electrons. The molecule has 2 rings (SSSR count). The predicted octanol–water partition coefficient (Wildman–Crippen LogP) is 1.99. The number of nitrogens with one attached hydrogen (secondary N) is 2. The third-order valence-electron chi connectivity index (χ3n) is 3.58. The van der Waals surface area contributed by atoms with E-state index in [1.54, 1.807) is 6.08 Å². The van der Waals surface area contributed by atoms with Crippen molar-refractivity contribution in [2.24, 2.45) is 0 Å². The topological polar surface area (TPSA) is 84.5 Å². The summed E-state index contributed by atoms with van der Waals surface area (Å²) in [5, 5.41) is 6.98. The standard InChI is InChI=1S/C19H20N2O4/c1-12(19(24)25-3)20-18(23)17(21-13(2)22)11-15-9-6-8-14-7-4-5-10-16(14)15/h4-12H,1-3H3,(H,20,23)(H,21,22)/b17-11+/t12-/m0/s1. The van der Waals surface area contributed by atoms with Crippen molar-refractivity contribution in [1.29, 1.82) is 0 Å². The van der Waals surface area contributed by atoms with E-state index >= 15 is 0 Å². The van der Waals surface area contributed by atoms with Crippen LogP contribution in [0.15, 0.2) is 48.2 Å². The number of methoxy groups -OCH3 is 1. The van der Waals surface area contributed by atoms with Crippen LogP contribution in [0.1, 0.15) is 19.4 Å². The van der Waals surface area contributed by atoms with Crippen LogP contribution in [-0.2, 0) is 19.1 Å². The van der Waals surface area contributed by atoms with Crippen molar-refractivity contribution in [1.82, 2.24) is 10.6 Å². The summed E-state index contributed by atoms with van der Waals surface area (Å²) >= 11 is 0. The molecule has 0 radical (unpaired) electrons. The van der Waals surface area contributed by atoms with Crippen molar-refractivity contribution >= 4 is 34.6 Å². The van der Waals surface area contributed by atoms with Gasteiger partial charge in [-0.3, -0.25) is 9.59 Å². The number of benzene rings is 2. The molecule has 0 aliphatic carbocycles. The fourth-order valence-corrected chi connectivity index (χ4v) is 2.39. The lowest BCUT2D eigenvalue weighted by atomic mass is 10.0. The smallest absolute Gasteiger partial charge is 0.328 e. The summed E-state index contributed by atoms with van der Waals surface area (Å²) in [5.74, 6) is -1.52. The minimum absolute atomic E-state index is 0.0552. The Labute approximate surface area is 145 Å². The number of carbonyl (C=O) groups is 3. The van der Waals surface area contributed by atoms with E-state index in [0.29, 0.717) is 0 Å². The zero-order valence-electron chi connectivity index (χ0n) is 14.3. The minimum Gasteiger partial charge on any atom is -0.467 e. The van der Waals surface area contributed by atoms with E-state index in [2.05, 4.69) is 15.4 Å². The molecule has 0 aromatic heterocycles. The van der Waals surface area contributed by atoms with E-state index < -0.39 is 17.9 Å². The monoisotopic (exact) mass is 340 g/mol. The van der Waals surface area contributed by atoms with E-state index in [4.69, 9.17) is 0 Å². The van der Waals surface area contributed by atoms with Crippen molar-refractivity contribution in [2.75, 3.05) is 7.11 Å². The van der Waals surface area contributed by atoms with Gasteiger partial charge < -0.3 is 15.4 Å². The largest absolute Gasteiger partial charge is 0.467 e. The number of hydrogen-bond donors (Lipinski definition) is 2. The molecular weight excluding hydrogens is 320 g/mol. The van der Waals surface area contributed by atoms with Gasteiger partial charge in [-0.15, -0.1) is 0 Å². The Balaban J connectivity index is 2.39. The molecule has 0 saturated heterocycles. The zero-order valence-corrected chi connectivity index (χ0v) is 14.3. The van der Waals surface area contributed by atoms with Gasteiger partial charge in [-0.05, 0) is 29.3 Å². The second kappa shape index (κ2) is 8.10. The SMILES string of the molecule is COC(=O)[C@H](C)NC(=O)/C(=C\c1cccc2ccccc12)NC(C)=O. The van der Waals surface area contributed by atoms with Gasteiger partial charge in [0.15, 0.2) is 0 Å². The van der Waals surface area contributed by atoms with Gasteiger partial charge in [0, 0.05) is 6.92 Å². The van der Waals surface area contributed by atoms with Crippen molar-refractivity contribution in [2.45, 2.75) is 19.9 Å². The zero-order chi connectivity index (χ0) is 18.4. The van der Waals surface area contributed by atoms with E-state index in [-0.39, 0.29) is 11.6 Å². The van der Waals surface area contributed by atoms with Crippen LogP contribution in [-0.4, -0.2) is 30.9 Å². The molecule has 0 bridgehead atoms. The first-order chi connectivity index (χ1) is 11.9. The van der Waals surface area contributed by atoms with Crippen molar-refractivity contribution in [3.05, 3.63) is 53.7 Å². The van der Waals surface area contributed by atoms with E-state index in [0.717, 1.165) is 16.3 Å². The third-order valence-corrected chi connectivity index (χ3v) is 3.58. The maximum atomic E-state index is 12.4. The third kappa shape index (κ3) is 4.67. The highest BCUT2D eigenvalue weighted by Gasteiger charge is 2.19. The lowest BCUT2D eigenvalue weighted by molar-refractivity contribution is -0.144. The predicted molar refractivity (Wildman–Crippen MR) is 95.4 cm³/mol. The Bertz CT molecular complexity index is 837. The van der Waals surface area contributed by atoms with Crippen molar-refractivity contribution < 1.29 is 19.1 Å². The van der Waals surface area contributed by atoms with Gasteiger partial charge in [-0.1, -0.05) is 42.5 Å². The first kappa shape index (κ1) is 18.2. The normalized spacial score (nSPS) is 12.4. The highest BCUT2D eigenvalue weighted by atomic mass is 16.5. The molecule has 2 N–H and O–H groups in total. The molecule has 2 aromatic carbocycles. The van der Waals surface area contributed by atoms with Gasteiger partial charge in [0.1, 0.15) is 11.7 Å². The minimum atomic E-state index is -0.831. The first-order valence-electron chi connectivity index (χ1n) is 7.78. The second-order valence-electron chi connectivity index (χ2n) is 5.53. The van der Waals surface area contributed by atoms with E-state index in [1.165, 1.54) is 21.0 Å². The maximum Gasteiger partial charge on any atom is 0.328 e. The summed E-state index contributed by atoms with van der Waals surface area (Å²) in [6, 6.07) is 12.6. The van der Waals surface area contributed by atoms with Crippen LogP contribution in [0.4, 0.5) is 0 Å². The molecule has 0 aliphatic heterocycles. The second-order valence-corrected chi connectivity index (χ2v) is 5.53. The summed E-state index contributed by atoms with van der Waals surface area (Å²) in [5.41, 5.74) is 0.835. The summed E-state index contributed by atoms with van der Waals surface area (Å²) < 4.78 is 4.59. The van der Waals surface area contributed by atoms with Crippen molar-refractivity contribution in [3.63, 3.8) is 0 Å². The molecule has 0 unspecified atom stereocenters. The van der Waals surface area contributed by atoms with Crippen LogP contribution in [0.5, 0.6) is 0 Å². The van der Waals surface area contributed by atoms with Crippen LogP contribution in [0, 0.1) is 0 Å². The van der Waals surface area contributed by atoms with Crippen LogP contribution < -0.4 is 10.6 Å². The molecule has 0 aliphatic rings. The number of fused-ring (bicyclic) bond motifs is 1. The molecule has 0 spiro atoms. The fourth-order valence-electron chi connectivity index (χ4n) is 2.39. The number of hydrogen-bond acceptors (Lipinski definition) is 4. The summed E-state index contributed by atoms with van der Waals surface area (Å²) in [4.78, 5) is 35.4. The number of esters is 1. The molecule has 25 heavy (non-hydrogen) atoms. The first-order valence-corrected chi connectivity index (χ1v) is 7.78. The molecule has 6 nitrogen and oxygen atoms in total. The Hall–Kier alpha value is -3.15. The summed E-state index contributed by atoms with van der Waals surface area (Å²) in [6.45, 7) is 2.82. The fraction of sp³-hybridized carbons (Fsp3) is 0.211. The molecule has 0 fully saturated rings. The lowest BCUT2D eigenvalue weighted by Gasteiger charge is -2.14. The van der Waals surface area contributed by atoms with Crippen molar-refractivity contribution in [3.8, 4) is 0 Å². The maximum absolute atomic E-state index is 12.4. The van der Waals surface area contributed by atoms with Crippen LogP contribution in [0.2, 0.25) is 0 Å². The highest BCUT2D eigenvalue weighted by Crippen LogP contribution is 2.20. The average Bonchev–Trinajstić information content (AvgIpc) is 2.60. The molecule has 2 aromatic rings. The molecule has 6 heteroatoms. The van der Waals surface area contributed by atoms with Crippen LogP contribution >= 0.6 is 0 Å².